The zero-order chi connectivity index (χ0) is 88.6. The van der Waals surface area contributed by atoms with Gasteiger partial charge >= 0.3 is 53.7 Å². The van der Waals surface area contributed by atoms with E-state index in [4.69, 9.17) is 56.8 Å². The number of ether oxygens (including phenoxy) is 12. The summed E-state index contributed by atoms with van der Waals surface area (Å²) in [5.41, 5.74) is -18.2. The molecule has 0 radical (unpaired) electrons. The number of aromatic hydroxyl groups is 26. The Balaban J connectivity index is 0.876. The van der Waals surface area contributed by atoms with Gasteiger partial charge in [-0.1, -0.05) is 0 Å². The first-order chi connectivity index (χ1) is 57.5. The zero-order valence-corrected chi connectivity index (χ0v) is 59.9. The number of fused-ring (bicyclic) bond motifs is 13. The highest BCUT2D eigenvalue weighted by atomic mass is 16.8. The minimum atomic E-state index is -3.07. The summed E-state index contributed by atoms with van der Waals surface area (Å²) in [6.45, 7) is -3.91. The lowest BCUT2D eigenvalue weighted by Gasteiger charge is -2.43. The number of esters is 9. The van der Waals surface area contributed by atoms with Gasteiger partial charge in [0.15, 0.2) is 146 Å². The lowest BCUT2D eigenvalue weighted by Crippen LogP contribution is -2.63. The lowest BCUT2D eigenvalue weighted by molar-refractivity contribution is -0.282. The summed E-state index contributed by atoms with van der Waals surface area (Å²) in [7, 11) is 0. The molecule has 634 valence electrons. The highest BCUT2D eigenvalue weighted by Crippen LogP contribution is 2.59. The van der Waals surface area contributed by atoms with Crippen molar-refractivity contribution in [2.75, 3.05) is 19.8 Å². The third-order valence-corrected chi connectivity index (χ3v) is 19.4. The molecule has 0 spiro atoms. The van der Waals surface area contributed by atoms with Gasteiger partial charge in [0.2, 0.25) is 58.4 Å². The second-order valence-corrected chi connectivity index (χ2v) is 26.7. The summed E-state index contributed by atoms with van der Waals surface area (Å²) in [4.78, 5) is 133. The molecule has 5 aliphatic heterocycles. The van der Waals surface area contributed by atoms with E-state index in [0.717, 1.165) is 0 Å². The van der Waals surface area contributed by atoms with Crippen molar-refractivity contribution >= 4 is 53.7 Å². The van der Waals surface area contributed by atoms with Gasteiger partial charge in [-0.25, -0.2) is 43.2 Å². The normalized spacial score (nSPS) is 19.9. The van der Waals surface area contributed by atoms with E-state index in [-0.39, 0.29) is 24.3 Å². The third kappa shape index (κ3) is 13.4. The van der Waals surface area contributed by atoms with Gasteiger partial charge in [0.05, 0.1) is 51.1 Å². The highest BCUT2D eigenvalue weighted by Gasteiger charge is 2.57. The van der Waals surface area contributed by atoms with Crippen LogP contribution in [0.1, 0.15) is 93.2 Å². The molecule has 47 heteroatoms. The van der Waals surface area contributed by atoms with Gasteiger partial charge in [0.25, 0.3) is 0 Å². The summed E-state index contributed by atoms with van der Waals surface area (Å²) in [6, 6.07) is 3.71. The largest absolute Gasteiger partial charge is 0.504 e. The fourth-order valence-corrected chi connectivity index (χ4v) is 13.5. The van der Waals surface area contributed by atoms with E-state index in [1.54, 1.807) is 0 Å². The minimum Gasteiger partial charge on any atom is -0.504 e. The Morgan fingerprint density at radius 3 is 0.992 bits per heavy atom. The molecule has 0 aliphatic carbocycles. The molecule has 0 amide bonds. The maximum Gasteiger partial charge on any atom is 0.344 e. The number of carbonyl (C=O) groups is 9. The molecule has 9 atom stereocenters. The number of cyclic esters (lactones) is 2. The molecule has 122 heavy (non-hydrogen) atoms. The molecule has 47 nitrogen and oxygen atoms in total. The van der Waals surface area contributed by atoms with Gasteiger partial charge in [-0.3, -0.25) is 0 Å². The summed E-state index contributed by atoms with van der Waals surface area (Å²) in [6.07, 6.45) is -23.2. The van der Waals surface area contributed by atoms with Crippen LogP contribution in [0, 0.1) is 0 Å². The average Bonchev–Trinajstić information content (AvgIpc) is 0.863. The van der Waals surface area contributed by atoms with Crippen LogP contribution in [-0.4, -0.2) is 261 Å². The average molecular weight is 1710 g/mol. The molecule has 26 N–H and O–H groups in total. The molecule has 0 aromatic heterocycles. The van der Waals surface area contributed by atoms with E-state index < -0.39 is 373 Å². The Morgan fingerprint density at radius 1 is 0.279 bits per heavy atom. The first-order valence-corrected chi connectivity index (χ1v) is 34.0. The molecule has 9 aromatic rings. The van der Waals surface area contributed by atoms with E-state index >= 15 is 4.79 Å². The van der Waals surface area contributed by atoms with Crippen molar-refractivity contribution < 1.29 is 233 Å². The van der Waals surface area contributed by atoms with Crippen molar-refractivity contribution in [3.05, 3.63) is 117 Å². The van der Waals surface area contributed by atoms with Crippen LogP contribution in [0.15, 0.2) is 66.7 Å². The number of hydrogen-bond acceptors (Lipinski definition) is 47. The maximum absolute atomic E-state index is 15.4. The molecular weight excluding hydrogens is 1650 g/mol. The van der Waals surface area contributed by atoms with Crippen molar-refractivity contribution in [1.29, 1.82) is 0 Å². The van der Waals surface area contributed by atoms with Crippen LogP contribution >= 0.6 is 0 Å². The molecule has 5 aliphatic rings. The summed E-state index contributed by atoms with van der Waals surface area (Å²) >= 11 is 0. The van der Waals surface area contributed by atoms with Crippen molar-refractivity contribution in [2.24, 2.45) is 0 Å². The van der Waals surface area contributed by atoms with Gasteiger partial charge in [0.1, 0.15) is 31.0 Å². The molecule has 14 rings (SSSR count). The number of phenolic OH excluding ortho intramolecular Hbond substituents is 26. The highest BCUT2D eigenvalue weighted by molar-refractivity contribution is 6.12. The molecule has 0 bridgehead atoms. The minimum absolute atomic E-state index is 0.130. The van der Waals surface area contributed by atoms with Crippen LogP contribution in [0.4, 0.5) is 0 Å². The zero-order valence-electron chi connectivity index (χ0n) is 59.9. The number of carbonyl (C=O) groups excluding carboxylic acids is 9. The maximum atomic E-state index is 15.4. The summed E-state index contributed by atoms with van der Waals surface area (Å²) in [5.74, 6) is -58.8. The quantitative estimate of drug-likeness (QED) is 0.0588. The number of phenols is 26. The fourth-order valence-electron chi connectivity index (χ4n) is 13.5. The van der Waals surface area contributed by atoms with E-state index in [1.165, 1.54) is 0 Å². The van der Waals surface area contributed by atoms with Gasteiger partial charge < -0.3 is 190 Å². The van der Waals surface area contributed by atoms with Gasteiger partial charge in [-0.05, 0) is 54.6 Å². The second-order valence-electron chi connectivity index (χ2n) is 26.7. The molecule has 5 heterocycles. The topological polar surface area (TPSA) is 790 Å². The van der Waals surface area contributed by atoms with Crippen LogP contribution in [0.5, 0.6) is 161 Å². The summed E-state index contributed by atoms with van der Waals surface area (Å²) in [5, 5.41) is 285. The van der Waals surface area contributed by atoms with Crippen molar-refractivity contribution in [3.63, 3.8) is 0 Å². The SMILES string of the molecule is O=C(OC1C(OC(=O)c2cc(O)c(O)c(O)c2Oc2cc3c(c(O)c2O)-c2c(cc(O)c(O)c2O)C(=O)OC2C(COC3=O)OCC3OC(=O)c4cc(O)c(O)c(O)c4-c4c(cc(O)c(O)c4O)C(=O)OC32)OC2COC(=O)c3cc(O)c(O)c(O)c3-c3c(cc(O)c(O)c3O)C(=O)OC2C1OC(=O)c1cc(O)c(O)c(O)c1)c1cc(O)c(O)c(O)c1. The van der Waals surface area contributed by atoms with Crippen LogP contribution in [0.25, 0.3) is 33.4 Å². The van der Waals surface area contributed by atoms with Crippen molar-refractivity contribution in [1.82, 2.24) is 0 Å². The van der Waals surface area contributed by atoms with Crippen LogP contribution in [-0.2, 0) is 52.1 Å². The molecule has 9 unspecified atom stereocenters. The van der Waals surface area contributed by atoms with Crippen LogP contribution in [0.3, 0.4) is 0 Å². The molecule has 9 aromatic carbocycles. The Labute approximate surface area is 670 Å². The van der Waals surface area contributed by atoms with Crippen LogP contribution in [0.2, 0.25) is 0 Å². The Morgan fingerprint density at radius 2 is 0.590 bits per heavy atom. The number of hydrogen-bond donors (Lipinski definition) is 26. The monoisotopic (exact) mass is 1700 g/mol. The standard InChI is InChI=1S/C75H52O47/c76-24-1-15(2-25(77)44(24)86)66(102)120-64-63-37(14-113-68(104)17-5-28(80)46(88)53(95)38(17)40-19(73(109)119-63)7-30(82)48(90)55(40)97)116-75(65(64)121-67(103)16-3-26(78)45(87)27(79)4-16)122-74(110)23-10-33(85)51(93)59(101)60(23)114-34-11-22-43(58(100)52(34)94)42-21(9-32(84)50(92)57(42)99)71(107)117-61-35(12-112-69(22)105)111-13-36-62(61)118-72(108)20-8-31(83)49(91)56(98)41(20)39-18(70(106)115-36)6-29(81)47(89)54(39)96/h1-11,35-37,61-65,75-101H,12-14H2. The van der Waals surface area contributed by atoms with E-state index in [0.29, 0.717) is 42.5 Å². The van der Waals surface area contributed by atoms with E-state index in [2.05, 4.69) is 0 Å². The Kier molecular flexibility index (Phi) is 19.8. The van der Waals surface area contributed by atoms with Gasteiger partial charge in [0, 0.05) is 45.5 Å². The predicted octanol–water partition coefficient (Wildman–Crippen LogP) is 3.41. The molecule has 0 saturated carbocycles. The fraction of sp³-hybridized carbons (Fsp3) is 0.160. The lowest BCUT2D eigenvalue weighted by atomic mass is 9.91. The second kappa shape index (κ2) is 29.8. The molecule has 2 saturated heterocycles. The number of rotatable bonds is 8. The predicted molar refractivity (Wildman–Crippen MR) is 378 cm³/mol. The molecular formula is C75H52O47. The van der Waals surface area contributed by atoms with Gasteiger partial charge in [-0.15, -0.1) is 0 Å². The van der Waals surface area contributed by atoms with E-state index in [1.807, 2.05) is 0 Å². The Bertz CT molecular complexity index is 6090. The van der Waals surface area contributed by atoms with Crippen molar-refractivity contribution in [2.45, 2.75) is 55.1 Å². The third-order valence-electron chi connectivity index (χ3n) is 19.4. The number of benzene rings is 9. The first-order valence-electron chi connectivity index (χ1n) is 34.0. The summed E-state index contributed by atoms with van der Waals surface area (Å²) < 4.78 is 68.5. The smallest absolute Gasteiger partial charge is 0.344 e. The van der Waals surface area contributed by atoms with Crippen molar-refractivity contribution in [3.8, 4) is 194 Å². The first kappa shape index (κ1) is 81.3. The van der Waals surface area contributed by atoms with Crippen LogP contribution < -0.4 is 4.74 Å². The molecule has 2 fully saturated rings. The Hall–Kier alpha value is -17.3. The van der Waals surface area contributed by atoms with Gasteiger partial charge in [-0.2, -0.15) is 0 Å². The van der Waals surface area contributed by atoms with E-state index in [9.17, 15) is 171 Å².